The van der Waals surface area contributed by atoms with Crippen molar-refractivity contribution in [2.45, 2.75) is 31.7 Å². The topological polar surface area (TPSA) is 78.5 Å². The lowest BCUT2D eigenvalue weighted by atomic mass is 10.1. The molecule has 1 atom stereocenters. The molecule has 1 aliphatic rings. The van der Waals surface area contributed by atoms with Crippen LogP contribution in [0.25, 0.3) is 0 Å². The van der Waals surface area contributed by atoms with Gasteiger partial charge in [-0.15, -0.1) is 0 Å². The van der Waals surface area contributed by atoms with E-state index in [0.717, 1.165) is 24.1 Å². The summed E-state index contributed by atoms with van der Waals surface area (Å²) in [5.74, 6) is 0.242. The van der Waals surface area contributed by atoms with Gasteiger partial charge in [-0.05, 0) is 37.5 Å². The third-order valence-corrected chi connectivity index (χ3v) is 4.37. The molecule has 0 amide bonds. The number of benzene rings is 1. The van der Waals surface area contributed by atoms with E-state index in [1.165, 1.54) is 18.5 Å². The molecule has 1 aliphatic carbocycles. The van der Waals surface area contributed by atoms with Crippen molar-refractivity contribution in [3.05, 3.63) is 59.6 Å². The molecular formula is C18H18F2N6. The molecule has 0 aliphatic heterocycles. The lowest BCUT2D eigenvalue weighted by molar-refractivity contribution is 0.617. The van der Waals surface area contributed by atoms with Gasteiger partial charge >= 0.3 is 0 Å². The second-order valence-electron chi connectivity index (χ2n) is 6.41. The van der Waals surface area contributed by atoms with Gasteiger partial charge in [-0.1, -0.05) is 12.1 Å². The van der Waals surface area contributed by atoms with Crippen LogP contribution < -0.4 is 10.6 Å². The van der Waals surface area contributed by atoms with Crippen LogP contribution in [-0.2, 0) is 0 Å². The molecule has 3 N–H and O–H groups in total. The van der Waals surface area contributed by atoms with E-state index in [1.807, 2.05) is 13.0 Å². The highest BCUT2D eigenvalue weighted by atomic mass is 19.1. The maximum absolute atomic E-state index is 14.7. The van der Waals surface area contributed by atoms with Gasteiger partial charge in [0.25, 0.3) is 0 Å². The number of hydrogen-bond donors (Lipinski definition) is 3. The predicted octanol–water partition coefficient (Wildman–Crippen LogP) is 4.27. The highest BCUT2D eigenvalue weighted by molar-refractivity contribution is 5.57. The zero-order valence-electron chi connectivity index (χ0n) is 14.1. The van der Waals surface area contributed by atoms with Crippen molar-refractivity contribution >= 4 is 17.5 Å². The molecule has 3 aromatic rings. The van der Waals surface area contributed by atoms with Crippen molar-refractivity contribution in [3.8, 4) is 0 Å². The molecule has 26 heavy (non-hydrogen) atoms. The monoisotopic (exact) mass is 356 g/mol. The Hall–Kier alpha value is -3.03. The van der Waals surface area contributed by atoms with Crippen LogP contribution in [0.4, 0.5) is 26.2 Å². The van der Waals surface area contributed by atoms with Crippen LogP contribution in [-0.4, -0.2) is 20.2 Å². The highest BCUT2D eigenvalue weighted by Crippen LogP contribution is 2.39. The minimum Gasteiger partial charge on any atom is -0.361 e. The van der Waals surface area contributed by atoms with Crippen molar-refractivity contribution in [3.63, 3.8) is 0 Å². The standard InChI is InChI=1S/C18H18F2N6/c1-10(11-4-6-13(19)7-5-11)23-17-16(20)18(22-9-21-17)24-15-8-14(25-26-15)12-2-3-12/h4-10,12H,2-3H2,1H3,(H3,21,22,23,24,25,26)/t10-/m0/s1. The Morgan fingerprint density at radius 1 is 1.12 bits per heavy atom. The zero-order chi connectivity index (χ0) is 18.1. The minimum atomic E-state index is -0.600. The summed E-state index contributed by atoms with van der Waals surface area (Å²) in [5, 5.41) is 13.0. The SMILES string of the molecule is C[C@H](Nc1ncnc(Nc2cc(C3CC3)[nH]n2)c1F)c1ccc(F)cc1. The summed E-state index contributed by atoms with van der Waals surface area (Å²) >= 11 is 0. The third kappa shape index (κ3) is 3.49. The Kier molecular flexibility index (Phi) is 4.24. The minimum absolute atomic E-state index is 0.0441. The van der Waals surface area contributed by atoms with Gasteiger partial charge in [0, 0.05) is 17.7 Å². The molecular weight excluding hydrogens is 338 g/mol. The molecule has 1 aromatic carbocycles. The summed E-state index contributed by atoms with van der Waals surface area (Å²) in [7, 11) is 0. The second-order valence-corrected chi connectivity index (χ2v) is 6.41. The average Bonchev–Trinajstić information content (AvgIpc) is 3.38. The van der Waals surface area contributed by atoms with Gasteiger partial charge in [0.15, 0.2) is 17.5 Å². The number of nitrogens with one attached hydrogen (secondary N) is 3. The first-order valence-corrected chi connectivity index (χ1v) is 8.45. The zero-order valence-corrected chi connectivity index (χ0v) is 14.1. The Morgan fingerprint density at radius 3 is 2.58 bits per heavy atom. The van der Waals surface area contributed by atoms with E-state index in [4.69, 9.17) is 0 Å². The fourth-order valence-corrected chi connectivity index (χ4v) is 2.72. The van der Waals surface area contributed by atoms with Gasteiger partial charge in [-0.3, -0.25) is 5.10 Å². The van der Waals surface area contributed by atoms with Crippen molar-refractivity contribution in [1.29, 1.82) is 0 Å². The van der Waals surface area contributed by atoms with E-state index in [9.17, 15) is 8.78 Å². The summed E-state index contributed by atoms with van der Waals surface area (Å²) in [4.78, 5) is 7.92. The predicted molar refractivity (Wildman–Crippen MR) is 94.3 cm³/mol. The first-order chi connectivity index (χ1) is 12.6. The van der Waals surface area contributed by atoms with Crippen molar-refractivity contribution in [1.82, 2.24) is 20.2 Å². The maximum Gasteiger partial charge on any atom is 0.208 e. The fourth-order valence-electron chi connectivity index (χ4n) is 2.72. The summed E-state index contributed by atoms with van der Waals surface area (Å²) in [6, 6.07) is 7.65. The highest BCUT2D eigenvalue weighted by Gasteiger charge is 2.25. The molecule has 0 spiro atoms. The Balaban J connectivity index is 1.50. The summed E-state index contributed by atoms with van der Waals surface area (Å²) < 4.78 is 27.8. The number of halogens is 2. The van der Waals surface area contributed by atoms with Gasteiger partial charge in [0.2, 0.25) is 5.82 Å². The fraction of sp³-hybridized carbons (Fsp3) is 0.278. The van der Waals surface area contributed by atoms with Gasteiger partial charge < -0.3 is 10.6 Å². The molecule has 1 saturated carbocycles. The number of aromatic nitrogens is 4. The molecule has 134 valence electrons. The largest absolute Gasteiger partial charge is 0.361 e. The van der Waals surface area contributed by atoms with Gasteiger partial charge in [-0.25, -0.2) is 14.4 Å². The van der Waals surface area contributed by atoms with Crippen LogP contribution in [0.1, 0.15) is 43.0 Å². The van der Waals surface area contributed by atoms with E-state index in [-0.39, 0.29) is 23.5 Å². The van der Waals surface area contributed by atoms with Gasteiger partial charge in [0.05, 0.1) is 6.04 Å². The number of aromatic amines is 1. The molecule has 6 nitrogen and oxygen atoms in total. The van der Waals surface area contributed by atoms with Crippen molar-refractivity contribution < 1.29 is 8.78 Å². The number of rotatable bonds is 6. The van der Waals surface area contributed by atoms with E-state index in [2.05, 4.69) is 30.8 Å². The van der Waals surface area contributed by atoms with Crippen LogP contribution in [0.2, 0.25) is 0 Å². The number of H-pyrrole nitrogens is 1. The second kappa shape index (κ2) is 6.70. The molecule has 2 aromatic heterocycles. The first kappa shape index (κ1) is 16.4. The lowest BCUT2D eigenvalue weighted by Crippen LogP contribution is -2.11. The van der Waals surface area contributed by atoms with Crippen LogP contribution in [0, 0.1) is 11.6 Å². The Bertz CT molecular complexity index is 904. The molecule has 0 radical (unpaired) electrons. The van der Waals surface area contributed by atoms with Crippen molar-refractivity contribution in [2.75, 3.05) is 10.6 Å². The van der Waals surface area contributed by atoms with E-state index < -0.39 is 5.82 Å². The molecule has 0 bridgehead atoms. The maximum atomic E-state index is 14.7. The van der Waals surface area contributed by atoms with E-state index >= 15 is 0 Å². The molecule has 0 unspecified atom stereocenters. The smallest absolute Gasteiger partial charge is 0.208 e. The summed E-state index contributed by atoms with van der Waals surface area (Å²) in [5.41, 5.74) is 1.87. The number of nitrogens with zero attached hydrogens (tertiary/aromatic N) is 3. The van der Waals surface area contributed by atoms with Gasteiger partial charge in [-0.2, -0.15) is 9.49 Å². The van der Waals surface area contributed by atoms with E-state index in [1.54, 1.807) is 12.1 Å². The first-order valence-electron chi connectivity index (χ1n) is 8.45. The number of hydrogen-bond acceptors (Lipinski definition) is 5. The molecule has 8 heteroatoms. The van der Waals surface area contributed by atoms with Crippen LogP contribution >= 0.6 is 0 Å². The van der Waals surface area contributed by atoms with Gasteiger partial charge in [0.1, 0.15) is 12.1 Å². The van der Waals surface area contributed by atoms with Crippen molar-refractivity contribution in [2.24, 2.45) is 0 Å². The molecule has 2 heterocycles. The Morgan fingerprint density at radius 2 is 1.85 bits per heavy atom. The number of anilines is 3. The average molecular weight is 356 g/mol. The molecule has 0 saturated heterocycles. The van der Waals surface area contributed by atoms with Crippen LogP contribution in [0.15, 0.2) is 36.7 Å². The quantitative estimate of drug-likeness (QED) is 0.615. The van der Waals surface area contributed by atoms with Crippen LogP contribution in [0.3, 0.4) is 0 Å². The summed E-state index contributed by atoms with van der Waals surface area (Å²) in [6.45, 7) is 1.84. The summed E-state index contributed by atoms with van der Waals surface area (Å²) in [6.07, 6.45) is 3.58. The lowest BCUT2D eigenvalue weighted by Gasteiger charge is -2.16. The Labute approximate surface area is 149 Å². The van der Waals surface area contributed by atoms with Crippen LogP contribution in [0.5, 0.6) is 0 Å². The third-order valence-electron chi connectivity index (χ3n) is 4.37. The van der Waals surface area contributed by atoms with E-state index in [0.29, 0.717) is 11.7 Å². The normalized spacial score (nSPS) is 14.9. The molecule has 1 fully saturated rings. The molecule has 4 rings (SSSR count).